The topological polar surface area (TPSA) is 107 Å². The molecule has 0 aliphatic carbocycles. The van der Waals surface area contributed by atoms with Crippen molar-refractivity contribution < 1.29 is 13.5 Å². The standard InChI is InChI=1S/C12H15N3O3S/c13-6-10-5-11(14)1-2-12(10)19(17,18)15-4-3-9(7-15)8-16/h1-2,5,9,16H,3-4,7-8,14H2. The van der Waals surface area contributed by atoms with E-state index in [2.05, 4.69) is 0 Å². The van der Waals surface area contributed by atoms with Gasteiger partial charge in [-0.15, -0.1) is 0 Å². The van der Waals surface area contributed by atoms with Gasteiger partial charge in [0.25, 0.3) is 0 Å². The van der Waals surface area contributed by atoms with Crippen molar-refractivity contribution in [1.29, 1.82) is 5.26 Å². The van der Waals surface area contributed by atoms with Crippen LogP contribution in [-0.2, 0) is 10.0 Å². The van der Waals surface area contributed by atoms with Crippen LogP contribution in [0.5, 0.6) is 0 Å². The lowest BCUT2D eigenvalue weighted by Gasteiger charge is -2.17. The van der Waals surface area contributed by atoms with Crippen molar-refractivity contribution in [1.82, 2.24) is 4.31 Å². The zero-order chi connectivity index (χ0) is 14.0. The van der Waals surface area contributed by atoms with Crippen molar-refractivity contribution >= 4 is 15.7 Å². The summed E-state index contributed by atoms with van der Waals surface area (Å²) in [4.78, 5) is -0.0252. The lowest BCUT2D eigenvalue weighted by atomic mass is 10.1. The number of benzene rings is 1. The van der Waals surface area contributed by atoms with E-state index in [0.717, 1.165) is 0 Å². The van der Waals surface area contributed by atoms with E-state index in [4.69, 9.17) is 16.1 Å². The second kappa shape index (κ2) is 5.17. The second-order valence-electron chi connectivity index (χ2n) is 4.57. The highest BCUT2D eigenvalue weighted by atomic mass is 32.2. The predicted molar refractivity (Wildman–Crippen MR) is 69.5 cm³/mol. The lowest BCUT2D eigenvalue weighted by Crippen LogP contribution is -2.30. The Balaban J connectivity index is 2.38. The van der Waals surface area contributed by atoms with E-state index in [0.29, 0.717) is 18.7 Å². The molecular formula is C12H15N3O3S. The molecule has 102 valence electrons. The van der Waals surface area contributed by atoms with Crippen LogP contribution >= 0.6 is 0 Å². The molecular weight excluding hydrogens is 266 g/mol. The summed E-state index contributed by atoms with van der Waals surface area (Å²) in [6, 6.07) is 6.03. The van der Waals surface area contributed by atoms with Gasteiger partial charge in [0.2, 0.25) is 10.0 Å². The summed E-state index contributed by atoms with van der Waals surface area (Å²) in [5.74, 6) is -0.0332. The summed E-state index contributed by atoms with van der Waals surface area (Å²) in [5.41, 5.74) is 5.95. The minimum atomic E-state index is -3.70. The maximum Gasteiger partial charge on any atom is 0.244 e. The number of aliphatic hydroxyl groups excluding tert-OH is 1. The largest absolute Gasteiger partial charge is 0.399 e. The summed E-state index contributed by atoms with van der Waals surface area (Å²) in [6.45, 7) is 0.621. The van der Waals surface area contributed by atoms with Crippen LogP contribution in [0.2, 0.25) is 0 Å². The third kappa shape index (κ3) is 2.56. The Hall–Kier alpha value is -1.62. The fraction of sp³-hybridized carbons (Fsp3) is 0.417. The SMILES string of the molecule is N#Cc1cc(N)ccc1S(=O)(=O)N1CCC(CO)C1. The van der Waals surface area contributed by atoms with Crippen molar-refractivity contribution in [3.8, 4) is 6.07 Å². The van der Waals surface area contributed by atoms with E-state index in [9.17, 15) is 8.42 Å². The molecule has 2 rings (SSSR count). The third-order valence-electron chi connectivity index (χ3n) is 3.25. The highest BCUT2D eigenvalue weighted by molar-refractivity contribution is 7.89. The van der Waals surface area contributed by atoms with Gasteiger partial charge < -0.3 is 10.8 Å². The van der Waals surface area contributed by atoms with Gasteiger partial charge in [-0.3, -0.25) is 0 Å². The van der Waals surface area contributed by atoms with E-state index in [1.54, 1.807) is 0 Å². The number of aliphatic hydroxyl groups is 1. The fourth-order valence-electron chi connectivity index (χ4n) is 2.16. The Morgan fingerprint density at radius 1 is 1.53 bits per heavy atom. The van der Waals surface area contributed by atoms with Gasteiger partial charge in [0.1, 0.15) is 11.0 Å². The average molecular weight is 281 g/mol. The Morgan fingerprint density at radius 3 is 2.84 bits per heavy atom. The molecule has 0 amide bonds. The van der Waals surface area contributed by atoms with Crippen LogP contribution in [0.15, 0.2) is 23.1 Å². The maximum absolute atomic E-state index is 12.4. The molecule has 1 aliphatic rings. The van der Waals surface area contributed by atoms with Crippen molar-refractivity contribution in [2.45, 2.75) is 11.3 Å². The molecule has 1 heterocycles. The highest BCUT2D eigenvalue weighted by Gasteiger charge is 2.33. The van der Waals surface area contributed by atoms with Crippen LogP contribution in [0, 0.1) is 17.2 Å². The van der Waals surface area contributed by atoms with Gasteiger partial charge >= 0.3 is 0 Å². The molecule has 7 heteroatoms. The molecule has 0 saturated carbocycles. The quantitative estimate of drug-likeness (QED) is 0.766. The minimum absolute atomic E-state index is 0.0252. The zero-order valence-corrected chi connectivity index (χ0v) is 11.1. The van der Waals surface area contributed by atoms with E-state index in [1.807, 2.05) is 6.07 Å². The first-order valence-corrected chi connectivity index (χ1v) is 7.33. The van der Waals surface area contributed by atoms with Crippen LogP contribution in [0.4, 0.5) is 5.69 Å². The van der Waals surface area contributed by atoms with Crippen LogP contribution in [0.25, 0.3) is 0 Å². The molecule has 1 aliphatic heterocycles. The Kier molecular flexibility index (Phi) is 3.75. The summed E-state index contributed by atoms with van der Waals surface area (Å²) in [5, 5.41) is 18.1. The third-order valence-corrected chi connectivity index (χ3v) is 5.17. The Morgan fingerprint density at radius 2 is 2.26 bits per heavy atom. The summed E-state index contributed by atoms with van der Waals surface area (Å²) in [7, 11) is -3.70. The monoisotopic (exact) mass is 281 g/mol. The summed E-state index contributed by atoms with van der Waals surface area (Å²) < 4.78 is 26.2. The smallest absolute Gasteiger partial charge is 0.244 e. The predicted octanol–water partition coefficient (Wildman–Crippen LogP) is 0.143. The van der Waals surface area contributed by atoms with Crippen molar-refractivity contribution in [2.75, 3.05) is 25.4 Å². The average Bonchev–Trinajstić information content (AvgIpc) is 2.87. The van der Waals surface area contributed by atoms with E-state index in [1.165, 1.54) is 22.5 Å². The van der Waals surface area contributed by atoms with Gasteiger partial charge in [0.15, 0.2) is 0 Å². The van der Waals surface area contributed by atoms with Crippen molar-refractivity contribution in [3.05, 3.63) is 23.8 Å². The number of nitrogens with two attached hydrogens (primary N) is 1. The summed E-state index contributed by atoms with van der Waals surface area (Å²) >= 11 is 0. The minimum Gasteiger partial charge on any atom is -0.399 e. The van der Waals surface area contributed by atoms with Gasteiger partial charge in [0.05, 0.1) is 5.56 Å². The van der Waals surface area contributed by atoms with Crippen LogP contribution in [0.1, 0.15) is 12.0 Å². The Bertz CT molecular complexity index is 622. The van der Waals surface area contributed by atoms with Crippen LogP contribution in [-0.4, -0.2) is 37.5 Å². The number of rotatable bonds is 3. The molecule has 1 aromatic rings. The molecule has 0 radical (unpaired) electrons. The molecule has 1 unspecified atom stereocenters. The first-order valence-electron chi connectivity index (χ1n) is 5.89. The van der Waals surface area contributed by atoms with Gasteiger partial charge in [-0.1, -0.05) is 0 Å². The number of anilines is 1. The van der Waals surface area contributed by atoms with Gasteiger partial charge in [-0.2, -0.15) is 9.57 Å². The van der Waals surface area contributed by atoms with E-state index in [-0.39, 0.29) is 29.5 Å². The molecule has 0 aromatic heterocycles. The number of hydrogen-bond acceptors (Lipinski definition) is 5. The molecule has 19 heavy (non-hydrogen) atoms. The zero-order valence-electron chi connectivity index (χ0n) is 10.3. The molecule has 1 aromatic carbocycles. The molecule has 1 atom stereocenters. The highest BCUT2D eigenvalue weighted by Crippen LogP contribution is 2.27. The van der Waals surface area contributed by atoms with Crippen LogP contribution in [0.3, 0.4) is 0 Å². The van der Waals surface area contributed by atoms with Gasteiger partial charge in [0, 0.05) is 25.4 Å². The summed E-state index contributed by atoms with van der Waals surface area (Å²) in [6.07, 6.45) is 0.632. The molecule has 1 fully saturated rings. The van der Waals surface area contributed by atoms with Crippen LogP contribution < -0.4 is 5.73 Å². The molecule has 3 N–H and O–H groups in total. The number of sulfonamides is 1. The number of nitrogen functional groups attached to an aromatic ring is 1. The number of nitriles is 1. The van der Waals surface area contributed by atoms with Crippen molar-refractivity contribution in [3.63, 3.8) is 0 Å². The molecule has 1 saturated heterocycles. The lowest BCUT2D eigenvalue weighted by molar-refractivity contribution is 0.233. The first kappa shape index (κ1) is 13.8. The maximum atomic E-state index is 12.4. The second-order valence-corrected chi connectivity index (χ2v) is 6.47. The van der Waals surface area contributed by atoms with Gasteiger partial charge in [-0.25, -0.2) is 8.42 Å². The van der Waals surface area contributed by atoms with Crippen molar-refractivity contribution in [2.24, 2.45) is 5.92 Å². The molecule has 0 bridgehead atoms. The van der Waals surface area contributed by atoms with E-state index >= 15 is 0 Å². The van der Waals surface area contributed by atoms with E-state index < -0.39 is 10.0 Å². The fourth-order valence-corrected chi connectivity index (χ4v) is 3.82. The molecule has 0 spiro atoms. The normalized spacial score (nSPS) is 20.3. The number of hydrogen-bond donors (Lipinski definition) is 2. The van der Waals surface area contributed by atoms with Gasteiger partial charge in [-0.05, 0) is 30.5 Å². The molecule has 6 nitrogen and oxygen atoms in total. The Labute approximate surface area is 112 Å². The number of nitrogens with zero attached hydrogens (tertiary/aromatic N) is 2. The first-order chi connectivity index (χ1) is 8.98.